The highest BCUT2D eigenvalue weighted by Gasteiger charge is 2.19. The maximum absolute atomic E-state index is 12.4. The zero-order valence-corrected chi connectivity index (χ0v) is 17.9. The Kier molecular flexibility index (Phi) is 8.04. The minimum absolute atomic E-state index is 0.0319. The fraction of sp³-hybridized carbons (Fsp3) is 0.381. The number of benzene rings is 2. The Bertz CT molecular complexity index is 892. The quantitative estimate of drug-likeness (QED) is 0.548. The molecule has 1 amide bonds. The van der Waals surface area contributed by atoms with Gasteiger partial charge in [0.05, 0.1) is 13.7 Å². The molecule has 0 spiro atoms. The number of rotatable bonds is 10. The van der Waals surface area contributed by atoms with Crippen LogP contribution >= 0.6 is 0 Å². The Morgan fingerprint density at radius 2 is 1.55 bits per heavy atom. The molecule has 7 nitrogen and oxygen atoms in total. The van der Waals surface area contributed by atoms with E-state index in [1.165, 1.54) is 19.2 Å². The molecule has 0 unspecified atom stereocenters. The van der Waals surface area contributed by atoms with Crippen molar-refractivity contribution in [2.24, 2.45) is 5.92 Å². The van der Waals surface area contributed by atoms with Crippen LogP contribution in [0.15, 0.2) is 53.4 Å². The number of hydrogen-bond donors (Lipinski definition) is 0. The topological polar surface area (TPSA) is 82.1 Å². The highest BCUT2D eigenvalue weighted by atomic mass is 32.2. The lowest BCUT2D eigenvalue weighted by Gasteiger charge is -2.24. The SMILES string of the molecule is COCCN(Cc1ccc(OS(=O)(=O)c2ccc(OC)cc2)cc1)C(=O)C(C)C. The van der Waals surface area contributed by atoms with Gasteiger partial charge < -0.3 is 18.6 Å². The van der Waals surface area contributed by atoms with Gasteiger partial charge in [-0.25, -0.2) is 0 Å². The molecule has 0 N–H and O–H groups in total. The van der Waals surface area contributed by atoms with Crippen molar-refractivity contribution in [2.75, 3.05) is 27.4 Å². The first-order valence-electron chi connectivity index (χ1n) is 9.22. The minimum atomic E-state index is -3.95. The van der Waals surface area contributed by atoms with Crippen molar-refractivity contribution < 1.29 is 26.9 Å². The van der Waals surface area contributed by atoms with E-state index in [4.69, 9.17) is 13.7 Å². The van der Waals surface area contributed by atoms with Crippen LogP contribution in [0.3, 0.4) is 0 Å². The summed E-state index contributed by atoms with van der Waals surface area (Å²) in [6.07, 6.45) is 0. The van der Waals surface area contributed by atoms with Crippen LogP contribution in [0.25, 0.3) is 0 Å². The molecule has 0 radical (unpaired) electrons. The van der Waals surface area contributed by atoms with Crippen molar-refractivity contribution in [3.8, 4) is 11.5 Å². The summed E-state index contributed by atoms with van der Waals surface area (Å²) in [4.78, 5) is 14.1. The first-order valence-corrected chi connectivity index (χ1v) is 10.6. The second kappa shape index (κ2) is 10.3. The summed E-state index contributed by atoms with van der Waals surface area (Å²) in [7, 11) is -0.850. The van der Waals surface area contributed by atoms with Crippen LogP contribution in [0.4, 0.5) is 0 Å². The summed E-state index contributed by atoms with van der Waals surface area (Å²) < 4.78 is 40.1. The van der Waals surface area contributed by atoms with Crippen LogP contribution in [0.5, 0.6) is 11.5 Å². The van der Waals surface area contributed by atoms with Gasteiger partial charge in [0.15, 0.2) is 0 Å². The van der Waals surface area contributed by atoms with Crippen molar-refractivity contribution in [1.82, 2.24) is 4.90 Å². The smallest absolute Gasteiger partial charge is 0.339 e. The van der Waals surface area contributed by atoms with Crippen molar-refractivity contribution in [3.63, 3.8) is 0 Å². The second-order valence-electron chi connectivity index (χ2n) is 6.76. The van der Waals surface area contributed by atoms with Crippen molar-refractivity contribution in [1.29, 1.82) is 0 Å². The zero-order chi connectivity index (χ0) is 21.4. The Hall–Kier alpha value is -2.58. The molecule has 0 aromatic heterocycles. The van der Waals surface area contributed by atoms with E-state index < -0.39 is 10.1 Å². The maximum atomic E-state index is 12.4. The highest BCUT2D eigenvalue weighted by molar-refractivity contribution is 7.87. The van der Waals surface area contributed by atoms with Crippen LogP contribution in [0, 0.1) is 5.92 Å². The third kappa shape index (κ3) is 6.47. The molecule has 2 aromatic carbocycles. The zero-order valence-electron chi connectivity index (χ0n) is 17.1. The van der Waals surface area contributed by atoms with Gasteiger partial charge in [0, 0.05) is 26.1 Å². The lowest BCUT2D eigenvalue weighted by molar-refractivity contribution is -0.135. The maximum Gasteiger partial charge on any atom is 0.339 e. The Balaban J connectivity index is 2.09. The molecule has 2 aromatic rings. The van der Waals surface area contributed by atoms with Crippen LogP contribution in [-0.4, -0.2) is 46.6 Å². The molecule has 158 valence electrons. The lowest BCUT2D eigenvalue weighted by Crippen LogP contribution is -2.36. The van der Waals surface area contributed by atoms with E-state index >= 15 is 0 Å². The van der Waals surface area contributed by atoms with Crippen LogP contribution in [0.2, 0.25) is 0 Å². The number of ether oxygens (including phenoxy) is 2. The number of carbonyl (C=O) groups excluding carboxylic acids is 1. The predicted octanol–water partition coefficient (Wildman–Crippen LogP) is 3.09. The molecule has 0 atom stereocenters. The number of carbonyl (C=O) groups is 1. The normalized spacial score (nSPS) is 11.3. The largest absolute Gasteiger partial charge is 0.497 e. The predicted molar refractivity (Wildman–Crippen MR) is 109 cm³/mol. The Labute approximate surface area is 172 Å². The molecule has 0 bridgehead atoms. The molecular formula is C21H27NO6S. The summed E-state index contributed by atoms with van der Waals surface area (Å²) in [6, 6.07) is 12.6. The molecule has 2 rings (SSSR count). The first kappa shape index (κ1) is 22.7. The third-order valence-electron chi connectivity index (χ3n) is 4.22. The number of nitrogens with zero attached hydrogens (tertiary/aromatic N) is 1. The Morgan fingerprint density at radius 3 is 2.07 bits per heavy atom. The summed E-state index contributed by atoms with van der Waals surface area (Å²) in [5, 5.41) is 0. The van der Waals surface area contributed by atoms with Gasteiger partial charge in [-0.1, -0.05) is 26.0 Å². The molecule has 0 aliphatic heterocycles. The Morgan fingerprint density at radius 1 is 0.966 bits per heavy atom. The van der Waals surface area contributed by atoms with E-state index in [1.807, 2.05) is 13.8 Å². The summed E-state index contributed by atoms with van der Waals surface area (Å²) in [5.41, 5.74) is 0.865. The van der Waals surface area contributed by atoms with Gasteiger partial charge in [-0.05, 0) is 42.0 Å². The minimum Gasteiger partial charge on any atom is -0.497 e. The first-order chi connectivity index (χ1) is 13.8. The van der Waals surface area contributed by atoms with Gasteiger partial charge in [0.1, 0.15) is 16.4 Å². The summed E-state index contributed by atoms with van der Waals surface area (Å²) >= 11 is 0. The van der Waals surface area contributed by atoms with Gasteiger partial charge in [0.2, 0.25) is 5.91 Å². The molecule has 0 saturated carbocycles. The molecule has 0 fully saturated rings. The number of amides is 1. The molecule has 8 heteroatoms. The van der Waals surface area contributed by atoms with E-state index in [2.05, 4.69) is 0 Å². The number of methoxy groups -OCH3 is 2. The molecule has 0 aliphatic carbocycles. The van der Waals surface area contributed by atoms with Gasteiger partial charge in [-0.15, -0.1) is 0 Å². The van der Waals surface area contributed by atoms with E-state index in [0.717, 1.165) is 5.56 Å². The molecular weight excluding hydrogens is 394 g/mol. The van der Waals surface area contributed by atoms with Crippen molar-refractivity contribution in [2.45, 2.75) is 25.3 Å². The fourth-order valence-electron chi connectivity index (χ4n) is 2.62. The average Bonchev–Trinajstić information content (AvgIpc) is 2.71. The van der Waals surface area contributed by atoms with E-state index in [1.54, 1.807) is 48.4 Å². The van der Waals surface area contributed by atoms with Crippen molar-refractivity contribution >= 4 is 16.0 Å². The summed E-state index contributed by atoms with van der Waals surface area (Å²) in [6.45, 7) is 5.04. The average molecular weight is 422 g/mol. The highest BCUT2D eigenvalue weighted by Crippen LogP contribution is 2.22. The standard InChI is InChI=1S/C21H27NO6S/c1-16(2)21(23)22(13-14-26-3)15-17-5-7-19(8-6-17)28-29(24,25)20-11-9-18(27-4)10-12-20/h5-12,16H,13-15H2,1-4H3. The summed E-state index contributed by atoms with van der Waals surface area (Å²) in [5.74, 6) is 0.666. The molecule has 0 aliphatic rings. The lowest BCUT2D eigenvalue weighted by atomic mass is 10.1. The van der Waals surface area contributed by atoms with Crippen LogP contribution in [-0.2, 0) is 26.2 Å². The van der Waals surface area contributed by atoms with E-state index in [0.29, 0.717) is 25.4 Å². The number of hydrogen-bond acceptors (Lipinski definition) is 6. The van der Waals surface area contributed by atoms with Gasteiger partial charge in [0.25, 0.3) is 0 Å². The molecule has 0 saturated heterocycles. The van der Waals surface area contributed by atoms with Gasteiger partial charge in [-0.3, -0.25) is 4.79 Å². The van der Waals surface area contributed by atoms with Crippen LogP contribution in [0.1, 0.15) is 19.4 Å². The van der Waals surface area contributed by atoms with E-state index in [9.17, 15) is 13.2 Å². The van der Waals surface area contributed by atoms with Crippen LogP contribution < -0.4 is 8.92 Å². The van der Waals surface area contributed by atoms with Gasteiger partial charge in [-0.2, -0.15) is 8.42 Å². The van der Waals surface area contributed by atoms with Gasteiger partial charge >= 0.3 is 10.1 Å². The monoisotopic (exact) mass is 421 g/mol. The third-order valence-corrected chi connectivity index (χ3v) is 5.48. The van der Waals surface area contributed by atoms with Crippen molar-refractivity contribution in [3.05, 3.63) is 54.1 Å². The molecule has 0 heterocycles. The molecule has 29 heavy (non-hydrogen) atoms. The van der Waals surface area contributed by atoms with E-state index in [-0.39, 0.29) is 22.5 Å². The fourth-order valence-corrected chi connectivity index (χ4v) is 3.55. The second-order valence-corrected chi connectivity index (χ2v) is 8.31.